The lowest BCUT2D eigenvalue weighted by molar-refractivity contribution is 0.102. The molecule has 2 aromatic rings. The highest BCUT2D eigenvalue weighted by Gasteiger charge is 2.16. The molecule has 0 bridgehead atoms. The first-order chi connectivity index (χ1) is 13.1. The van der Waals surface area contributed by atoms with E-state index < -0.39 is 0 Å². The summed E-state index contributed by atoms with van der Waals surface area (Å²) in [6.45, 7) is 8.90. The molecule has 1 N–H and O–H groups in total. The zero-order valence-electron chi connectivity index (χ0n) is 16.1. The molecule has 0 radical (unpaired) electrons. The zero-order chi connectivity index (χ0) is 19.2. The fourth-order valence-corrected chi connectivity index (χ4v) is 3.03. The number of ether oxygens (including phenoxy) is 2. The Morgan fingerprint density at radius 2 is 1.78 bits per heavy atom. The average molecular weight is 370 g/mol. The van der Waals surface area contributed by atoms with Crippen LogP contribution in [-0.4, -0.2) is 42.2 Å². The number of aryl methyl sites for hydroxylation is 1. The van der Waals surface area contributed by atoms with Crippen LogP contribution in [0, 0.1) is 6.92 Å². The van der Waals surface area contributed by atoms with Gasteiger partial charge in [-0.1, -0.05) is 13.8 Å². The van der Waals surface area contributed by atoms with Crippen molar-refractivity contribution in [3.63, 3.8) is 0 Å². The van der Waals surface area contributed by atoms with Crippen molar-refractivity contribution >= 4 is 17.4 Å². The molecular formula is C20H26N4O3. The lowest BCUT2D eigenvalue weighted by atomic mass is 10.2. The first-order valence-corrected chi connectivity index (χ1v) is 9.42. The maximum Gasteiger partial charge on any atom is 0.274 e. The number of benzene rings is 1. The van der Waals surface area contributed by atoms with Gasteiger partial charge in [0.1, 0.15) is 30.5 Å². The van der Waals surface area contributed by atoms with Gasteiger partial charge >= 0.3 is 0 Å². The number of carbonyl (C=O) groups is 1. The monoisotopic (exact) mass is 370 g/mol. The summed E-state index contributed by atoms with van der Waals surface area (Å²) in [4.78, 5) is 23.8. The van der Waals surface area contributed by atoms with E-state index in [1.807, 2.05) is 0 Å². The van der Waals surface area contributed by atoms with E-state index in [1.165, 1.54) is 0 Å². The molecule has 7 heteroatoms. The second-order valence-corrected chi connectivity index (χ2v) is 6.46. The van der Waals surface area contributed by atoms with Gasteiger partial charge in [-0.25, -0.2) is 9.97 Å². The lowest BCUT2D eigenvalue weighted by Crippen LogP contribution is -2.27. The van der Waals surface area contributed by atoms with Gasteiger partial charge in [0.05, 0.1) is 0 Å². The van der Waals surface area contributed by atoms with E-state index in [2.05, 4.69) is 34.0 Å². The summed E-state index contributed by atoms with van der Waals surface area (Å²) in [6.07, 6.45) is 2.03. The molecule has 1 aliphatic rings. The third-order valence-corrected chi connectivity index (χ3v) is 4.17. The second kappa shape index (κ2) is 8.70. The van der Waals surface area contributed by atoms with Gasteiger partial charge in [0.25, 0.3) is 5.91 Å². The number of carbonyl (C=O) groups excluding carboxylic acids is 1. The van der Waals surface area contributed by atoms with Crippen LogP contribution >= 0.6 is 0 Å². The zero-order valence-corrected chi connectivity index (χ0v) is 16.1. The van der Waals surface area contributed by atoms with Gasteiger partial charge < -0.3 is 19.7 Å². The van der Waals surface area contributed by atoms with E-state index in [0.717, 1.165) is 31.7 Å². The molecule has 27 heavy (non-hydrogen) atoms. The summed E-state index contributed by atoms with van der Waals surface area (Å²) in [6, 6.07) is 7.11. The Bertz CT molecular complexity index is 804. The van der Waals surface area contributed by atoms with Gasteiger partial charge in [-0.15, -0.1) is 0 Å². The Labute approximate surface area is 159 Å². The van der Waals surface area contributed by atoms with E-state index >= 15 is 0 Å². The minimum atomic E-state index is -0.272. The van der Waals surface area contributed by atoms with Crippen molar-refractivity contribution in [3.05, 3.63) is 35.8 Å². The lowest BCUT2D eigenvalue weighted by Gasteiger charge is -2.23. The smallest absolute Gasteiger partial charge is 0.274 e. The molecule has 1 aromatic carbocycles. The molecule has 0 atom stereocenters. The Kier molecular flexibility index (Phi) is 6.11. The van der Waals surface area contributed by atoms with Crippen LogP contribution < -0.4 is 19.7 Å². The predicted octanol–water partition coefficient (Wildman–Crippen LogP) is 3.43. The molecule has 2 heterocycles. The summed E-state index contributed by atoms with van der Waals surface area (Å²) in [5.41, 5.74) is 0.991. The van der Waals surface area contributed by atoms with Crippen molar-refractivity contribution in [1.82, 2.24) is 9.97 Å². The first kappa shape index (κ1) is 18.9. The summed E-state index contributed by atoms with van der Waals surface area (Å²) < 4.78 is 11.1. The van der Waals surface area contributed by atoms with Crippen LogP contribution in [0.15, 0.2) is 24.3 Å². The summed E-state index contributed by atoms with van der Waals surface area (Å²) in [5.74, 6) is 2.42. The highest BCUT2D eigenvalue weighted by molar-refractivity contribution is 6.03. The largest absolute Gasteiger partial charge is 0.486 e. The number of hydrogen-bond donors (Lipinski definition) is 1. The van der Waals surface area contributed by atoms with Crippen LogP contribution in [0.3, 0.4) is 0 Å². The summed E-state index contributed by atoms with van der Waals surface area (Å²) >= 11 is 0. The van der Waals surface area contributed by atoms with E-state index in [4.69, 9.17) is 9.47 Å². The number of fused-ring (bicyclic) bond motifs is 1. The predicted molar refractivity (Wildman–Crippen MR) is 105 cm³/mol. The van der Waals surface area contributed by atoms with Crippen molar-refractivity contribution in [2.24, 2.45) is 0 Å². The quantitative estimate of drug-likeness (QED) is 0.805. The normalized spacial score (nSPS) is 12.6. The second-order valence-electron chi connectivity index (χ2n) is 6.46. The molecule has 1 amide bonds. The highest BCUT2D eigenvalue weighted by Crippen LogP contribution is 2.32. The number of nitrogens with one attached hydrogen (secondary N) is 1. The molecule has 3 rings (SSSR count). The van der Waals surface area contributed by atoms with Crippen molar-refractivity contribution in [3.8, 4) is 11.5 Å². The van der Waals surface area contributed by atoms with E-state index in [0.29, 0.717) is 41.9 Å². The van der Waals surface area contributed by atoms with Crippen LogP contribution in [0.4, 0.5) is 11.5 Å². The van der Waals surface area contributed by atoms with Crippen LogP contribution in [0.25, 0.3) is 0 Å². The fourth-order valence-electron chi connectivity index (χ4n) is 3.03. The summed E-state index contributed by atoms with van der Waals surface area (Å²) in [7, 11) is 0. The topological polar surface area (TPSA) is 76.6 Å². The highest BCUT2D eigenvalue weighted by atomic mass is 16.6. The molecular weight excluding hydrogens is 344 g/mol. The van der Waals surface area contributed by atoms with Gasteiger partial charge in [-0.2, -0.15) is 0 Å². The minimum absolute atomic E-state index is 0.272. The van der Waals surface area contributed by atoms with Gasteiger partial charge in [0.15, 0.2) is 11.5 Å². The Hall–Kier alpha value is -2.83. The molecule has 1 aliphatic heterocycles. The average Bonchev–Trinajstić information content (AvgIpc) is 2.67. The van der Waals surface area contributed by atoms with Gasteiger partial charge in [0, 0.05) is 30.9 Å². The Balaban J connectivity index is 1.80. The molecule has 0 spiro atoms. The maximum absolute atomic E-state index is 12.7. The van der Waals surface area contributed by atoms with Crippen LogP contribution in [0.1, 0.15) is 43.0 Å². The Morgan fingerprint density at radius 3 is 2.48 bits per heavy atom. The van der Waals surface area contributed by atoms with Crippen LogP contribution in [0.5, 0.6) is 11.5 Å². The minimum Gasteiger partial charge on any atom is -0.486 e. The van der Waals surface area contributed by atoms with Crippen LogP contribution in [0.2, 0.25) is 0 Å². The fraction of sp³-hybridized carbons (Fsp3) is 0.450. The Morgan fingerprint density at radius 1 is 1.07 bits per heavy atom. The molecule has 0 saturated carbocycles. The number of nitrogens with zero attached hydrogens (tertiary/aromatic N) is 3. The van der Waals surface area contributed by atoms with Crippen molar-refractivity contribution in [1.29, 1.82) is 0 Å². The van der Waals surface area contributed by atoms with Gasteiger partial charge in [-0.3, -0.25) is 4.79 Å². The number of rotatable bonds is 7. The first-order valence-electron chi connectivity index (χ1n) is 9.42. The van der Waals surface area contributed by atoms with E-state index in [9.17, 15) is 4.79 Å². The summed E-state index contributed by atoms with van der Waals surface area (Å²) in [5, 5.41) is 2.88. The SMILES string of the molecule is CCCN(CCC)c1cc(C(=O)Nc2ccc3c(c2)OCCO3)nc(C)n1. The number of anilines is 2. The van der Waals surface area contributed by atoms with Gasteiger partial charge in [0.2, 0.25) is 0 Å². The molecule has 1 aromatic heterocycles. The molecule has 0 saturated heterocycles. The number of amides is 1. The maximum atomic E-state index is 12.7. The van der Waals surface area contributed by atoms with E-state index in [-0.39, 0.29) is 5.91 Å². The third kappa shape index (κ3) is 4.67. The molecule has 7 nitrogen and oxygen atoms in total. The molecule has 144 valence electrons. The molecule has 0 aliphatic carbocycles. The van der Waals surface area contributed by atoms with E-state index in [1.54, 1.807) is 31.2 Å². The number of hydrogen-bond acceptors (Lipinski definition) is 6. The van der Waals surface area contributed by atoms with Crippen molar-refractivity contribution < 1.29 is 14.3 Å². The van der Waals surface area contributed by atoms with Crippen molar-refractivity contribution in [2.45, 2.75) is 33.6 Å². The van der Waals surface area contributed by atoms with Crippen molar-refractivity contribution in [2.75, 3.05) is 36.5 Å². The molecule has 0 fully saturated rings. The molecule has 0 unspecified atom stereocenters. The standard InChI is InChI=1S/C20H26N4O3/c1-4-8-24(9-5-2)19-13-16(21-14(3)22-19)20(25)23-15-6-7-17-18(12-15)27-11-10-26-17/h6-7,12-13H,4-5,8-11H2,1-3H3,(H,23,25). The van der Waals surface area contributed by atoms with Gasteiger partial charge in [-0.05, 0) is 31.9 Å². The number of aromatic nitrogens is 2. The van der Waals surface area contributed by atoms with Crippen LogP contribution in [-0.2, 0) is 0 Å². The third-order valence-electron chi connectivity index (χ3n) is 4.17.